The Bertz CT molecular complexity index is 592. The first-order valence-electron chi connectivity index (χ1n) is 4.49. The van der Waals surface area contributed by atoms with Gasteiger partial charge in [-0.1, -0.05) is 0 Å². The lowest BCUT2D eigenvalue weighted by molar-refractivity contribution is 0.0696. The van der Waals surface area contributed by atoms with Crippen LogP contribution in [0.4, 0.5) is 0 Å². The average molecular weight is 290 g/mol. The number of hydrogen-bond acceptors (Lipinski definition) is 4. The molecule has 102 valence electrons. The summed E-state index contributed by atoms with van der Waals surface area (Å²) in [4.78, 5) is 50.5. The van der Waals surface area contributed by atoms with Crippen molar-refractivity contribution in [3.63, 3.8) is 0 Å². The molecule has 0 unspecified atom stereocenters. The zero-order valence-corrected chi connectivity index (χ0v) is 9.87. The van der Waals surface area contributed by atoms with E-state index < -0.39 is 47.5 Å². The minimum Gasteiger partial charge on any atom is -0.478 e. The zero-order chi connectivity index (χ0) is 15.0. The quantitative estimate of drug-likeness (QED) is 0.462. The van der Waals surface area contributed by atoms with Crippen molar-refractivity contribution in [1.29, 1.82) is 0 Å². The van der Waals surface area contributed by atoms with Gasteiger partial charge in [0.25, 0.3) is 0 Å². The molecule has 0 radical (unpaired) electrons. The molecule has 0 spiro atoms. The van der Waals surface area contributed by atoms with Crippen LogP contribution < -0.4 is 5.30 Å². The number of hydrogen-bond donors (Lipinski definition) is 5. The number of aromatic carboxylic acids is 3. The van der Waals surface area contributed by atoms with Gasteiger partial charge in [0.2, 0.25) is 0 Å². The van der Waals surface area contributed by atoms with Crippen LogP contribution in [-0.4, -0.2) is 43.0 Å². The van der Waals surface area contributed by atoms with Crippen LogP contribution in [0.3, 0.4) is 0 Å². The highest BCUT2D eigenvalue weighted by molar-refractivity contribution is 7.60. The molecule has 0 saturated heterocycles. The Labute approximate surface area is 104 Å². The lowest BCUT2D eigenvalue weighted by atomic mass is 10.1. The molecule has 0 bridgehead atoms. The Balaban J connectivity index is 3.87. The Morgan fingerprint density at radius 2 is 1.21 bits per heavy atom. The van der Waals surface area contributed by atoms with Gasteiger partial charge in [0.15, 0.2) is 0 Å². The van der Waals surface area contributed by atoms with Gasteiger partial charge in [0.05, 0.1) is 22.0 Å². The molecule has 0 fully saturated rings. The Morgan fingerprint density at radius 1 is 0.842 bits per heavy atom. The summed E-state index contributed by atoms with van der Waals surface area (Å²) in [5, 5.41) is 25.1. The van der Waals surface area contributed by atoms with Gasteiger partial charge in [-0.3, -0.25) is 4.57 Å². The van der Waals surface area contributed by atoms with Crippen molar-refractivity contribution in [3.05, 3.63) is 28.8 Å². The maximum Gasteiger partial charge on any atom is 0.357 e. The summed E-state index contributed by atoms with van der Waals surface area (Å²) in [6.07, 6.45) is 0. The van der Waals surface area contributed by atoms with Gasteiger partial charge in [0.1, 0.15) is 0 Å². The topological polar surface area (TPSA) is 169 Å². The van der Waals surface area contributed by atoms with Crippen molar-refractivity contribution in [3.8, 4) is 0 Å². The second-order valence-corrected chi connectivity index (χ2v) is 4.91. The minimum atomic E-state index is -5.21. The van der Waals surface area contributed by atoms with Crippen molar-refractivity contribution in [2.24, 2.45) is 0 Å². The maximum absolute atomic E-state index is 11.2. The summed E-state index contributed by atoms with van der Waals surface area (Å²) in [6, 6.07) is 0.983. The number of benzene rings is 1. The molecule has 0 heterocycles. The lowest BCUT2D eigenvalue weighted by Gasteiger charge is -2.12. The number of carboxylic acid groups (broad SMARTS) is 3. The van der Waals surface area contributed by atoms with Gasteiger partial charge >= 0.3 is 25.5 Å². The van der Waals surface area contributed by atoms with E-state index in [-0.39, 0.29) is 0 Å². The van der Waals surface area contributed by atoms with E-state index in [0.29, 0.717) is 12.1 Å². The second-order valence-electron chi connectivity index (χ2n) is 3.38. The summed E-state index contributed by atoms with van der Waals surface area (Å²) in [5.41, 5.74) is -2.83. The van der Waals surface area contributed by atoms with E-state index in [9.17, 15) is 18.9 Å². The van der Waals surface area contributed by atoms with Crippen molar-refractivity contribution < 1.29 is 44.1 Å². The lowest BCUT2D eigenvalue weighted by Crippen LogP contribution is -2.24. The molecular weight excluding hydrogens is 283 g/mol. The molecule has 1 aromatic carbocycles. The number of carboxylic acids is 3. The molecule has 0 aliphatic carbocycles. The summed E-state index contributed by atoms with van der Waals surface area (Å²) >= 11 is 0. The van der Waals surface area contributed by atoms with Crippen LogP contribution in [-0.2, 0) is 4.57 Å². The molecule has 5 N–H and O–H groups in total. The summed E-state index contributed by atoms with van der Waals surface area (Å²) < 4.78 is 11.2. The van der Waals surface area contributed by atoms with E-state index in [1.165, 1.54) is 0 Å². The molecular formula is C9H7O9P. The number of rotatable bonds is 4. The molecule has 0 aliphatic heterocycles. The van der Waals surface area contributed by atoms with E-state index in [0.717, 1.165) is 0 Å². The predicted octanol–water partition coefficient (Wildman–Crippen LogP) is -0.416. The SMILES string of the molecule is O=C(O)c1cc(C(=O)O)c(P(=O)(O)O)c(C(=O)O)c1. The predicted molar refractivity (Wildman–Crippen MR) is 59.0 cm³/mol. The van der Waals surface area contributed by atoms with Gasteiger partial charge in [-0.25, -0.2) is 14.4 Å². The van der Waals surface area contributed by atoms with Crippen LogP contribution in [0.5, 0.6) is 0 Å². The molecule has 19 heavy (non-hydrogen) atoms. The first-order valence-corrected chi connectivity index (χ1v) is 6.11. The summed E-state index contributed by atoms with van der Waals surface area (Å²) in [7, 11) is -5.21. The third kappa shape index (κ3) is 2.97. The van der Waals surface area contributed by atoms with E-state index in [1.54, 1.807) is 0 Å². The Hall–Kier alpha value is -2.22. The molecule has 1 aromatic rings. The first kappa shape index (κ1) is 14.8. The highest BCUT2D eigenvalue weighted by Crippen LogP contribution is 2.37. The normalized spacial score (nSPS) is 11.1. The van der Waals surface area contributed by atoms with Gasteiger partial charge in [-0.15, -0.1) is 0 Å². The van der Waals surface area contributed by atoms with E-state index in [4.69, 9.17) is 25.1 Å². The highest BCUT2D eigenvalue weighted by atomic mass is 31.2. The second kappa shape index (κ2) is 4.81. The highest BCUT2D eigenvalue weighted by Gasteiger charge is 2.32. The van der Waals surface area contributed by atoms with Crippen LogP contribution in [0.15, 0.2) is 12.1 Å². The van der Waals surface area contributed by atoms with Gasteiger partial charge < -0.3 is 25.1 Å². The van der Waals surface area contributed by atoms with E-state index >= 15 is 0 Å². The minimum absolute atomic E-state index is 0.492. The molecule has 0 amide bonds. The third-order valence-corrected chi connectivity index (χ3v) is 3.17. The fourth-order valence-corrected chi connectivity index (χ4v) is 2.35. The molecule has 9 nitrogen and oxygen atoms in total. The summed E-state index contributed by atoms with van der Waals surface area (Å²) in [6.45, 7) is 0. The Kier molecular flexibility index (Phi) is 3.75. The fraction of sp³-hybridized carbons (Fsp3) is 0. The third-order valence-electron chi connectivity index (χ3n) is 2.11. The monoisotopic (exact) mass is 290 g/mol. The van der Waals surface area contributed by atoms with Crippen LogP contribution in [0.25, 0.3) is 0 Å². The van der Waals surface area contributed by atoms with Crippen LogP contribution in [0.2, 0.25) is 0 Å². The molecule has 10 heteroatoms. The van der Waals surface area contributed by atoms with Crippen LogP contribution in [0, 0.1) is 0 Å². The van der Waals surface area contributed by atoms with Crippen LogP contribution >= 0.6 is 7.60 Å². The van der Waals surface area contributed by atoms with Crippen molar-refractivity contribution in [2.45, 2.75) is 0 Å². The van der Waals surface area contributed by atoms with Gasteiger partial charge in [0, 0.05) is 0 Å². The fourth-order valence-electron chi connectivity index (χ4n) is 1.40. The van der Waals surface area contributed by atoms with Crippen molar-refractivity contribution in [2.75, 3.05) is 0 Å². The van der Waals surface area contributed by atoms with E-state index in [2.05, 4.69) is 0 Å². The van der Waals surface area contributed by atoms with Gasteiger partial charge in [-0.05, 0) is 12.1 Å². The molecule has 1 rings (SSSR count). The van der Waals surface area contributed by atoms with Crippen molar-refractivity contribution >= 4 is 30.8 Å². The van der Waals surface area contributed by atoms with Crippen LogP contribution in [0.1, 0.15) is 31.1 Å². The summed E-state index contributed by atoms with van der Waals surface area (Å²) in [5.74, 6) is -5.31. The first-order chi connectivity index (χ1) is 8.55. The molecule has 0 aromatic heterocycles. The smallest absolute Gasteiger partial charge is 0.357 e. The average Bonchev–Trinajstić information content (AvgIpc) is 2.25. The zero-order valence-electron chi connectivity index (χ0n) is 8.97. The Morgan fingerprint density at radius 3 is 1.42 bits per heavy atom. The molecule has 0 aliphatic rings. The standard InChI is InChI=1S/C9H7O9P/c10-7(11)3-1-4(8(12)13)6(19(16,17)18)5(2-3)9(14)15/h1-2H,(H,10,11)(H,12,13)(H,14,15)(H2,16,17,18). The largest absolute Gasteiger partial charge is 0.478 e. The van der Waals surface area contributed by atoms with Gasteiger partial charge in [-0.2, -0.15) is 0 Å². The molecule has 0 atom stereocenters. The maximum atomic E-state index is 11.2. The van der Waals surface area contributed by atoms with Crippen molar-refractivity contribution in [1.82, 2.24) is 0 Å². The van der Waals surface area contributed by atoms with E-state index in [1.807, 2.05) is 0 Å². The molecule has 0 saturated carbocycles. The number of carbonyl (C=O) groups is 3.